The number of nitrogens with one attached hydrogen (secondary N) is 2. The van der Waals surface area contributed by atoms with Gasteiger partial charge < -0.3 is 15.0 Å². The molecule has 7 nitrogen and oxygen atoms in total. The molecule has 0 spiro atoms. The van der Waals surface area contributed by atoms with Crippen LogP contribution in [0.5, 0.6) is 0 Å². The highest BCUT2D eigenvalue weighted by Gasteiger charge is 2.34. The lowest BCUT2D eigenvalue weighted by atomic mass is 10.1. The first-order chi connectivity index (χ1) is 9.65. The Labute approximate surface area is 117 Å². The topological polar surface area (TPSA) is 87.3 Å². The Hall–Kier alpha value is -1.89. The highest BCUT2D eigenvalue weighted by molar-refractivity contribution is 5.97. The summed E-state index contributed by atoms with van der Waals surface area (Å²) in [5.41, 5.74) is 0.957. The summed E-state index contributed by atoms with van der Waals surface area (Å²) in [6, 6.07) is 0. The number of aromatic amines is 1. The zero-order chi connectivity index (χ0) is 14.5. The van der Waals surface area contributed by atoms with Crippen LogP contribution in [-0.4, -0.2) is 53.7 Å². The number of anilines is 1. The van der Waals surface area contributed by atoms with Gasteiger partial charge in [0.05, 0.1) is 18.7 Å². The molecule has 1 saturated heterocycles. The van der Waals surface area contributed by atoms with Gasteiger partial charge in [-0.15, -0.1) is 0 Å². The van der Waals surface area contributed by atoms with E-state index in [0.717, 1.165) is 12.0 Å². The van der Waals surface area contributed by atoms with Crippen molar-refractivity contribution in [3.8, 4) is 0 Å². The second kappa shape index (κ2) is 6.51. The van der Waals surface area contributed by atoms with E-state index in [4.69, 9.17) is 4.74 Å². The molecule has 1 aromatic heterocycles. The van der Waals surface area contributed by atoms with Crippen LogP contribution < -0.4 is 5.32 Å². The van der Waals surface area contributed by atoms with Crippen molar-refractivity contribution in [2.45, 2.75) is 19.8 Å². The fraction of sp³-hybridized carbons (Fsp3) is 0.615. The molecule has 7 heteroatoms. The maximum Gasteiger partial charge on any atom is 0.230 e. The van der Waals surface area contributed by atoms with Crippen molar-refractivity contribution in [1.82, 2.24) is 15.1 Å². The van der Waals surface area contributed by atoms with E-state index in [-0.39, 0.29) is 24.2 Å². The van der Waals surface area contributed by atoms with Gasteiger partial charge >= 0.3 is 0 Å². The Morgan fingerprint density at radius 3 is 3.15 bits per heavy atom. The molecule has 1 aliphatic heterocycles. The average molecular weight is 280 g/mol. The van der Waals surface area contributed by atoms with Gasteiger partial charge in [0.1, 0.15) is 5.82 Å². The van der Waals surface area contributed by atoms with E-state index in [1.807, 2.05) is 6.92 Å². The summed E-state index contributed by atoms with van der Waals surface area (Å²) < 4.78 is 4.96. The van der Waals surface area contributed by atoms with Crippen LogP contribution in [0.3, 0.4) is 0 Å². The minimum absolute atomic E-state index is 0.00234. The Morgan fingerprint density at radius 1 is 1.65 bits per heavy atom. The number of amides is 2. The van der Waals surface area contributed by atoms with Crippen molar-refractivity contribution >= 4 is 17.6 Å². The number of ether oxygens (including phenoxy) is 1. The summed E-state index contributed by atoms with van der Waals surface area (Å²) in [4.78, 5) is 25.6. The second-order valence-corrected chi connectivity index (χ2v) is 4.85. The Balaban J connectivity index is 1.92. The molecule has 0 saturated carbocycles. The van der Waals surface area contributed by atoms with Gasteiger partial charge in [0.2, 0.25) is 11.8 Å². The summed E-state index contributed by atoms with van der Waals surface area (Å²) in [5, 5.41) is 9.49. The average Bonchev–Trinajstić information content (AvgIpc) is 3.03. The fourth-order valence-corrected chi connectivity index (χ4v) is 2.28. The summed E-state index contributed by atoms with van der Waals surface area (Å²) in [5.74, 6) is 0.174. The first-order valence-corrected chi connectivity index (χ1v) is 6.75. The van der Waals surface area contributed by atoms with Crippen LogP contribution in [0.15, 0.2) is 6.20 Å². The standard InChI is InChI=1S/C13H20N4O3/c1-3-9-7-14-16-12(9)15-13(19)10-6-11(18)17(8-10)4-5-20-2/h7,10H,3-6,8H2,1-2H3,(H2,14,15,16,19). The minimum atomic E-state index is -0.313. The van der Waals surface area contributed by atoms with Crippen molar-refractivity contribution in [3.63, 3.8) is 0 Å². The summed E-state index contributed by atoms with van der Waals surface area (Å²) >= 11 is 0. The molecule has 110 valence electrons. The molecular formula is C13H20N4O3. The van der Waals surface area contributed by atoms with E-state index >= 15 is 0 Å². The number of aryl methyl sites for hydroxylation is 1. The number of carbonyl (C=O) groups excluding carboxylic acids is 2. The Bertz CT molecular complexity index is 486. The monoisotopic (exact) mass is 280 g/mol. The van der Waals surface area contributed by atoms with Crippen LogP contribution in [-0.2, 0) is 20.7 Å². The van der Waals surface area contributed by atoms with E-state index in [2.05, 4.69) is 15.5 Å². The van der Waals surface area contributed by atoms with Crippen molar-refractivity contribution in [3.05, 3.63) is 11.8 Å². The number of methoxy groups -OCH3 is 1. The van der Waals surface area contributed by atoms with Crippen LogP contribution in [0, 0.1) is 5.92 Å². The van der Waals surface area contributed by atoms with Gasteiger partial charge in [0.15, 0.2) is 0 Å². The van der Waals surface area contributed by atoms with Gasteiger partial charge in [0.25, 0.3) is 0 Å². The zero-order valence-corrected chi connectivity index (χ0v) is 11.8. The number of likely N-dealkylation sites (tertiary alicyclic amines) is 1. The quantitative estimate of drug-likeness (QED) is 0.790. The number of hydrogen-bond donors (Lipinski definition) is 2. The Morgan fingerprint density at radius 2 is 2.45 bits per heavy atom. The highest BCUT2D eigenvalue weighted by atomic mass is 16.5. The molecule has 20 heavy (non-hydrogen) atoms. The third-order valence-corrected chi connectivity index (χ3v) is 3.50. The molecule has 0 aliphatic carbocycles. The third kappa shape index (κ3) is 3.16. The van der Waals surface area contributed by atoms with Crippen molar-refractivity contribution in [1.29, 1.82) is 0 Å². The molecule has 0 bridgehead atoms. The van der Waals surface area contributed by atoms with Crippen molar-refractivity contribution in [2.75, 3.05) is 32.1 Å². The first-order valence-electron chi connectivity index (χ1n) is 6.75. The smallest absolute Gasteiger partial charge is 0.230 e. The van der Waals surface area contributed by atoms with Crippen molar-refractivity contribution < 1.29 is 14.3 Å². The molecule has 1 fully saturated rings. The van der Waals surface area contributed by atoms with Crippen molar-refractivity contribution in [2.24, 2.45) is 5.92 Å². The molecule has 2 heterocycles. The predicted octanol–water partition coefficient (Wildman–Crippen LogP) is 0.405. The van der Waals surface area contributed by atoms with Gasteiger partial charge in [-0.3, -0.25) is 14.7 Å². The number of hydrogen-bond acceptors (Lipinski definition) is 4. The molecule has 1 aliphatic rings. The number of H-pyrrole nitrogens is 1. The van der Waals surface area contributed by atoms with E-state index in [1.54, 1.807) is 18.2 Å². The van der Waals surface area contributed by atoms with E-state index in [1.165, 1.54) is 0 Å². The SMILES string of the molecule is CCc1cn[nH]c1NC(=O)C1CC(=O)N(CCOC)C1. The largest absolute Gasteiger partial charge is 0.383 e. The molecule has 2 rings (SSSR count). The zero-order valence-electron chi connectivity index (χ0n) is 11.8. The van der Waals surface area contributed by atoms with Crippen LogP contribution >= 0.6 is 0 Å². The van der Waals surface area contributed by atoms with Gasteiger partial charge in [-0.1, -0.05) is 6.92 Å². The summed E-state index contributed by atoms with van der Waals surface area (Å²) in [6.45, 7) is 3.46. The lowest BCUT2D eigenvalue weighted by Gasteiger charge is -2.15. The molecule has 0 radical (unpaired) electrons. The molecular weight excluding hydrogens is 260 g/mol. The molecule has 1 unspecified atom stereocenters. The fourth-order valence-electron chi connectivity index (χ4n) is 2.28. The van der Waals surface area contributed by atoms with E-state index in [9.17, 15) is 9.59 Å². The maximum absolute atomic E-state index is 12.2. The minimum Gasteiger partial charge on any atom is -0.383 e. The molecule has 0 aromatic carbocycles. The lowest BCUT2D eigenvalue weighted by Crippen LogP contribution is -2.31. The van der Waals surface area contributed by atoms with Crippen LogP contribution in [0.25, 0.3) is 0 Å². The van der Waals surface area contributed by atoms with Gasteiger partial charge in [-0.05, 0) is 6.42 Å². The highest BCUT2D eigenvalue weighted by Crippen LogP contribution is 2.20. The number of aromatic nitrogens is 2. The number of rotatable bonds is 6. The first kappa shape index (κ1) is 14.5. The normalized spacial score (nSPS) is 18.6. The van der Waals surface area contributed by atoms with E-state index in [0.29, 0.717) is 25.5 Å². The van der Waals surface area contributed by atoms with Crippen LogP contribution in [0.4, 0.5) is 5.82 Å². The maximum atomic E-state index is 12.2. The molecule has 2 N–H and O–H groups in total. The van der Waals surface area contributed by atoms with Gasteiger partial charge in [0, 0.05) is 32.2 Å². The summed E-state index contributed by atoms with van der Waals surface area (Å²) in [7, 11) is 1.59. The van der Waals surface area contributed by atoms with Crippen LogP contribution in [0.2, 0.25) is 0 Å². The summed E-state index contributed by atoms with van der Waals surface area (Å²) in [6.07, 6.45) is 2.74. The van der Waals surface area contributed by atoms with E-state index < -0.39 is 0 Å². The molecule has 1 aromatic rings. The second-order valence-electron chi connectivity index (χ2n) is 4.85. The van der Waals surface area contributed by atoms with Gasteiger partial charge in [-0.25, -0.2) is 0 Å². The number of carbonyl (C=O) groups is 2. The number of nitrogens with zero attached hydrogens (tertiary/aromatic N) is 2. The van der Waals surface area contributed by atoms with Gasteiger partial charge in [-0.2, -0.15) is 5.10 Å². The predicted molar refractivity (Wildman–Crippen MR) is 73.2 cm³/mol. The lowest BCUT2D eigenvalue weighted by molar-refractivity contribution is -0.128. The molecule has 2 amide bonds. The molecule has 1 atom stereocenters. The Kier molecular flexibility index (Phi) is 4.73. The van der Waals surface area contributed by atoms with Crippen LogP contribution in [0.1, 0.15) is 18.9 Å². The third-order valence-electron chi connectivity index (χ3n) is 3.50.